The Morgan fingerprint density at radius 2 is 2.38 bits per heavy atom. The zero-order valence-electron chi connectivity index (χ0n) is 8.85. The maximum absolute atomic E-state index is 10.5. The fraction of sp³-hybridized carbons (Fsp3) is 0.364. The van der Waals surface area contributed by atoms with Crippen LogP contribution in [-0.2, 0) is 4.79 Å². The Bertz CT molecular complexity index is 406. The van der Waals surface area contributed by atoms with Gasteiger partial charge in [-0.1, -0.05) is 0 Å². The van der Waals surface area contributed by atoms with Crippen molar-refractivity contribution in [3.05, 3.63) is 18.2 Å². The summed E-state index contributed by atoms with van der Waals surface area (Å²) >= 11 is 0. The fourth-order valence-corrected chi connectivity index (χ4v) is 1.76. The van der Waals surface area contributed by atoms with Gasteiger partial charge in [0, 0.05) is 18.3 Å². The van der Waals surface area contributed by atoms with E-state index in [2.05, 4.69) is 0 Å². The van der Waals surface area contributed by atoms with E-state index in [1.54, 1.807) is 12.1 Å². The van der Waals surface area contributed by atoms with Gasteiger partial charge < -0.3 is 20.5 Å². The van der Waals surface area contributed by atoms with Gasteiger partial charge in [-0.05, 0) is 12.1 Å². The van der Waals surface area contributed by atoms with Crippen LogP contribution < -0.4 is 15.4 Å². The molecule has 0 saturated heterocycles. The van der Waals surface area contributed by atoms with Gasteiger partial charge in [0.2, 0.25) is 0 Å². The van der Waals surface area contributed by atoms with Crippen LogP contribution in [0, 0.1) is 0 Å². The quantitative estimate of drug-likeness (QED) is 0.744. The SMILES string of the molecule is Nc1ccc2c(c1)OCCN2CCC(=O)O. The van der Waals surface area contributed by atoms with Crippen LogP contribution in [0.1, 0.15) is 6.42 Å². The van der Waals surface area contributed by atoms with E-state index in [1.165, 1.54) is 0 Å². The number of aliphatic carboxylic acids is 1. The number of rotatable bonds is 3. The molecule has 5 heteroatoms. The summed E-state index contributed by atoms with van der Waals surface area (Å²) in [6.07, 6.45) is 0.129. The number of nitrogens with two attached hydrogens (primary N) is 1. The second kappa shape index (κ2) is 4.30. The number of hydrogen-bond donors (Lipinski definition) is 2. The third kappa shape index (κ3) is 2.18. The summed E-state index contributed by atoms with van der Waals surface area (Å²) in [6, 6.07) is 5.43. The summed E-state index contributed by atoms with van der Waals surface area (Å²) in [5.74, 6) is -0.0554. The highest BCUT2D eigenvalue weighted by Crippen LogP contribution is 2.33. The molecule has 0 radical (unpaired) electrons. The molecule has 0 amide bonds. The molecule has 5 nitrogen and oxygen atoms in total. The van der Waals surface area contributed by atoms with Gasteiger partial charge in [-0.3, -0.25) is 4.79 Å². The lowest BCUT2D eigenvalue weighted by Gasteiger charge is -2.30. The Hall–Kier alpha value is -1.91. The molecular formula is C11H14N2O3. The number of carboxylic acid groups (broad SMARTS) is 1. The van der Waals surface area contributed by atoms with Gasteiger partial charge in [0.25, 0.3) is 0 Å². The number of benzene rings is 1. The summed E-state index contributed by atoms with van der Waals surface area (Å²) < 4.78 is 5.47. The first-order chi connectivity index (χ1) is 7.66. The monoisotopic (exact) mass is 222 g/mol. The maximum Gasteiger partial charge on any atom is 0.305 e. The van der Waals surface area contributed by atoms with Crippen LogP contribution in [0.4, 0.5) is 11.4 Å². The molecule has 1 aliphatic rings. The van der Waals surface area contributed by atoms with Crippen molar-refractivity contribution >= 4 is 17.3 Å². The van der Waals surface area contributed by atoms with Crippen molar-refractivity contribution in [3.8, 4) is 5.75 Å². The highest BCUT2D eigenvalue weighted by atomic mass is 16.5. The third-order valence-corrected chi connectivity index (χ3v) is 2.54. The highest BCUT2D eigenvalue weighted by Gasteiger charge is 2.18. The molecule has 0 bridgehead atoms. The predicted molar refractivity (Wildman–Crippen MR) is 60.8 cm³/mol. The van der Waals surface area contributed by atoms with Gasteiger partial charge in [0.15, 0.2) is 0 Å². The van der Waals surface area contributed by atoms with Gasteiger partial charge in [-0.25, -0.2) is 0 Å². The molecule has 0 aliphatic carbocycles. The van der Waals surface area contributed by atoms with Crippen LogP contribution in [0.3, 0.4) is 0 Å². The van der Waals surface area contributed by atoms with Crippen LogP contribution in [0.5, 0.6) is 5.75 Å². The standard InChI is InChI=1S/C11H14N2O3/c12-8-1-2-9-10(7-8)16-6-5-13(9)4-3-11(14)15/h1-2,7H,3-6,12H2,(H,14,15). The van der Waals surface area contributed by atoms with Crippen LogP contribution in [-0.4, -0.2) is 30.8 Å². The van der Waals surface area contributed by atoms with Gasteiger partial charge in [0.05, 0.1) is 18.7 Å². The molecule has 0 fully saturated rings. The molecule has 1 aliphatic heterocycles. The van der Waals surface area contributed by atoms with Gasteiger partial charge in [0.1, 0.15) is 12.4 Å². The Morgan fingerprint density at radius 3 is 3.12 bits per heavy atom. The van der Waals surface area contributed by atoms with Gasteiger partial charge in [-0.2, -0.15) is 0 Å². The summed E-state index contributed by atoms with van der Waals surface area (Å²) in [4.78, 5) is 12.5. The minimum Gasteiger partial charge on any atom is -0.489 e. The fourth-order valence-electron chi connectivity index (χ4n) is 1.76. The number of ether oxygens (including phenoxy) is 1. The number of carbonyl (C=O) groups is 1. The molecule has 2 rings (SSSR count). The lowest BCUT2D eigenvalue weighted by molar-refractivity contribution is -0.136. The Labute approximate surface area is 93.4 Å². The summed E-state index contributed by atoms with van der Waals surface area (Å²) in [5, 5.41) is 8.66. The van der Waals surface area contributed by atoms with Crippen molar-refractivity contribution in [2.24, 2.45) is 0 Å². The number of nitrogens with zero attached hydrogens (tertiary/aromatic N) is 1. The Balaban J connectivity index is 2.16. The van der Waals surface area contributed by atoms with Crippen molar-refractivity contribution in [2.75, 3.05) is 30.3 Å². The second-order valence-corrected chi connectivity index (χ2v) is 3.71. The molecule has 0 saturated carbocycles. The molecule has 1 heterocycles. The van der Waals surface area contributed by atoms with E-state index in [0.29, 0.717) is 25.4 Å². The number of nitrogen functional groups attached to an aromatic ring is 1. The van der Waals surface area contributed by atoms with Crippen molar-refractivity contribution in [1.82, 2.24) is 0 Å². The van der Waals surface area contributed by atoms with Crippen molar-refractivity contribution in [1.29, 1.82) is 0 Å². The van der Waals surface area contributed by atoms with Crippen LogP contribution in [0.2, 0.25) is 0 Å². The van der Waals surface area contributed by atoms with Gasteiger partial charge >= 0.3 is 5.97 Å². The lowest BCUT2D eigenvalue weighted by atomic mass is 10.2. The average molecular weight is 222 g/mol. The topological polar surface area (TPSA) is 75.8 Å². The number of carboxylic acids is 1. The van der Waals surface area contributed by atoms with Crippen LogP contribution >= 0.6 is 0 Å². The molecule has 0 atom stereocenters. The van der Waals surface area contributed by atoms with Crippen molar-refractivity contribution in [2.45, 2.75) is 6.42 Å². The molecule has 16 heavy (non-hydrogen) atoms. The normalized spacial score (nSPS) is 14.1. The molecule has 0 aromatic heterocycles. The second-order valence-electron chi connectivity index (χ2n) is 3.71. The Morgan fingerprint density at radius 1 is 1.56 bits per heavy atom. The zero-order valence-corrected chi connectivity index (χ0v) is 8.85. The van der Waals surface area contributed by atoms with Crippen LogP contribution in [0.25, 0.3) is 0 Å². The number of hydrogen-bond acceptors (Lipinski definition) is 4. The summed E-state index contributed by atoms with van der Waals surface area (Å²) in [5.41, 5.74) is 7.23. The summed E-state index contributed by atoms with van der Waals surface area (Å²) in [7, 11) is 0. The average Bonchev–Trinajstić information content (AvgIpc) is 2.25. The lowest BCUT2D eigenvalue weighted by Crippen LogP contribution is -2.34. The van der Waals surface area contributed by atoms with Crippen molar-refractivity contribution < 1.29 is 14.6 Å². The van der Waals surface area contributed by atoms with E-state index in [4.69, 9.17) is 15.6 Å². The summed E-state index contributed by atoms with van der Waals surface area (Å²) in [6.45, 7) is 1.77. The highest BCUT2D eigenvalue weighted by molar-refractivity contribution is 5.69. The minimum atomic E-state index is -0.788. The predicted octanol–water partition coefficient (Wildman–Crippen LogP) is 0.942. The van der Waals surface area contributed by atoms with E-state index in [-0.39, 0.29) is 6.42 Å². The molecule has 0 spiro atoms. The zero-order chi connectivity index (χ0) is 11.5. The molecule has 1 aromatic rings. The third-order valence-electron chi connectivity index (χ3n) is 2.54. The first-order valence-corrected chi connectivity index (χ1v) is 5.16. The molecule has 0 unspecified atom stereocenters. The van der Waals surface area contributed by atoms with E-state index < -0.39 is 5.97 Å². The number of anilines is 2. The van der Waals surface area contributed by atoms with E-state index in [0.717, 1.165) is 11.4 Å². The first kappa shape index (κ1) is 10.6. The van der Waals surface area contributed by atoms with Crippen molar-refractivity contribution in [3.63, 3.8) is 0 Å². The smallest absolute Gasteiger partial charge is 0.305 e. The van der Waals surface area contributed by atoms with E-state index in [1.807, 2.05) is 11.0 Å². The molecular weight excluding hydrogens is 208 g/mol. The largest absolute Gasteiger partial charge is 0.489 e. The minimum absolute atomic E-state index is 0.129. The first-order valence-electron chi connectivity index (χ1n) is 5.16. The van der Waals surface area contributed by atoms with Crippen LogP contribution in [0.15, 0.2) is 18.2 Å². The molecule has 86 valence electrons. The molecule has 1 aromatic carbocycles. The Kier molecular flexibility index (Phi) is 2.85. The number of fused-ring (bicyclic) bond motifs is 1. The maximum atomic E-state index is 10.5. The van der Waals surface area contributed by atoms with E-state index in [9.17, 15) is 4.79 Å². The van der Waals surface area contributed by atoms with Gasteiger partial charge in [-0.15, -0.1) is 0 Å². The van der Waals surface area contributed by atoms with E-state index >= 15 is 0 Å². The molecule has 3 N–H and O–H groups in total.